The highest BCUT2D eigenvalue weighted by Crippen LogP contribution is 2.39. The predicted molar refractivity (Wildman–Crippen MR) is 103 cm³/mol. The Morgan fingerprint density at radius 2 is 1.88 bits per heavy atom. The number of hydrogen-bond acceptors (Lipinski definition) is 2. The molecule has 2 aliphatic heterocycles. The minimum absolute atomic E-state index is 0.577. The number of pyridine rings is 1. The molecule has 124 valence electrons. The molecule has 2 unspecified atom stereocenters. The van der Waals surface area contributed by atoms with Crippen molar-refractivity contribution in [1.29, 1.82) is 0 Å². The zero-order valence-corrected chi connectivity index (χ0v) is 14.3. The van der Waals surface area contributed by atoms with Crippen molar-refractivity contribution in [3.63, 3.8) is 0 Å². The first-order valence-corrected chi connectivity index (χ1v) is 9.22. The Balaban J connectivity index is 1.43. The largest absolute Gasteiger partial charge is 0.289 e. The Morgan fingerprint density at radius 1 is 0.960 bits per heavy atom. The van der Waals surface area contributed by atoms with Crippen molar-refractivity contribution in [2.24, 2.45) is 0 Å². The molecular formula is C23H22N2. The Bertz CT molecular complexity index is 929. The molecule has 1 saturated heterocycles. The average Bonchev–Trinajstić information content (AvgIpc) is 2.90. The van der Waals surface area contributed by atoms with Crippen LogP contribution < -0.4 is 0 Å². The van der Waals surface area contributed by atoms with E-state index >= 15 is 0 Å². The number of aromatic nitrogens is 1. The molecule has 25 heavy (non-hydrogen) atoms. The maximum atomic E-state index is 4.52. The first-order valence-electron chi connectivity index (χ1n) is 9.22. The summed E-state index contributed by atoms with van der Waals surface area (Å²) in [7, 11) is 0. The normalized spacial score (nSPS) is 23.0. The number of rotatable bonds is 3. The fourth-order valence-electron chi connectivity index (χ4n) is 4.44. The van der Waals surface area contributed by atoms with Gasteiger partial charge in [-0.3, -0.25) is 9.88 Å². The van der Waals surface area contributed by atoms with Crippen molar-refractivity contribution in [2.45, 2.75) is 37.9 Å². The van der Waals surface area contributed by atoms with Gasteiger partial charge >= 0.3 is 0 Å². The van der Waals surface area contributed by atoms with Crippen LogP contribution in [0.5, 0.6) is 0 Å². The topological polar surface area (TPSA) is 16.1 Å². The van der Waals surface area contributed by atoms with Crippen LogP contribution in [0.15, 0.2) is 72.9 Å². The second-order valence-corrected chi connectivity index (χ2v) is 7.26. The van der Waals surface area contributed by atoms with Crippen LogP contribution in [0.2, 0.25) is 0 Å². The molecule has 0 radical (unpaired) electrons. The van der Waals surface area contributed by atoms with Gasteiger partial charge in [-0.2, -0.15) is 0 Å². The van der Waals surface area contributed by atoms with Crippen molar-refractivity contribution >= 4 is 16.5 Å². The van der Waals surface area contributed by atoms with Gasteiger partial charge in [0.05, 0.1) is 5.52 Å². The Hall–Kier alpha value is -2.45. The summed E-state index contributed by atoms with van der Waals surface area (Å²) >= 11 is 0. The van der Waals surface area contributed by atoms with Gasteiger partial charge < -0.3 is 0 Å². The highest BCUT2D eigenvalue weighted by molar-refractivity contribution is 5.83. The van der Waals surface area contributed by atoms with E-state index in [9.17, 15) is 0 Å². The van der Waals surface area contributed by atoms with E-state index in [1.165, 1.54) is 34.9 Å². The number of nitrogens with zero attached hydrogens (tertiary/aromatic N) is 2. The van der Waals surface area contributed by atoms with Crippen molar-refractivity contribution in [3.05, 3.63) is 84.1 Å². The molecular weight excluding hydrogens is 304 g/mol. The van der Waals surface area contributed by atoms with E-state index in [1.807, 2.05) is 12.3 Å². The molecule has 2 nitrogen and oxygen atoms in total. The maximum absolute atomic E-state index is 4.52. The van der Waals surface area contributed by atoms with Crippen LogP contribution in [0.1, 0.15) is 30.4 Å². The van der Waals surface area contributed by atoms with E-state index in [-0.39, 0.29) is 0 Å². The molecule has 0 spiro atoms. The average molecular weight is 326 g/mol. The van der Waals surface area contributed by atoms with Crippen LogP contribution in [0, 0.1) is 0 Å². The van der Waals surface area contributed by atoms with E-state index in [4.69, 9.17) is 0 Å². The first-order chi connectivity index (χ1) is 12.4. The molecule has 1 fully saturated rings. The van der Waals surface area contributed by atoms with Crippen LogP contribution in [-0.4, -0.2) is 22.0 Å². The van der Waals surface area contributed by atoms with Crippen LogP contribution in [0.3, 0.4) is 0 Å². The van der Waals surface area contributed by atoms with E-state index in [0.717, 1.165) is 18.5 Å². The quantitative estimate of drug-likeness (QED) is 0.669. The fraction of sp³-hybridized carbons (Fsp3) is 0.261. The standard InChI is InChI=1S/C23H22N2/c1-2-5-17(6-3-1)16-25-21-10-11-22(25)14-20(13-21)19-9-8-18-7-4-12-24-23(18)15-19/h1-9,12-13,15,21-22H,10-11,14,16H2. The molecule has 5 rings (SSSR count). The van der Waals surface area contributed by atoms with Gasteiger partial charge in [0, 0.05) is 30.2 Å². The molecule has 0 saturated carbocycles. The first kappa shape index (κ1) is 14.9. The summed E-state index contributed by atoms with van der Waals surface area (Å²) in [4.78, 5) is 7.22. The lowest BCUT2D eigenvalue weighted by molar-refractivity contribution is 0.203. The lowest BCUT2D eigenvalue weighted by atomic mass is 9.93. The maximum Gasteiger partial charge on any atom is 0.0708 e. The second-order valence-electron chi connectivity index (χ2n) is 7.26. The summed E-state index contributed by atoms with van der Waals surface area (Å²) in [5, 5.41) is 1.22. The monoisotopic (exact) mass is 326 g/mol. The summed E-state index contributed by atoms with van der Waals surface area (Å²) in [6.45, 7) is 1.07. The van der Waals surface area contributed by atoms with Gasteiger partial charge in [-0.05, 0) is 48.1 Å². The molecule has 0 N–H and O–H groups in total. The molecule has 2 atom stereocenters. The third-order valence-electron chi connectivity index (χ3n) is 5.72. The van der Waals surface area contributed by atoms with Crippen LogP contribution in [0.25, 0.3) is 16.5 Å². The minimum Gasteiger partial charge on any atom is -0.289 e. The molecule has 3 aromatic rings. The highest BCUT2D eigenvalue weighted by Gasteiger charge is 2.36. The summed E-state index contributed by atoms with van der Waals surface area (Å²) < 4.78 is 0. The third-order valence-corrected chi connectivity index (χ3v) is 5.72. The molecule has 0 amide bonds. The zero-order chi connectivity index (χ0) is 16.6. The molecule has 2 bridgehead atoms. The summed E-state index contributed by atoms with van der Waals surface area (Å²) in [5.74, 6) is 0. The van der Waals surface area contributed by atoms with Crippen molar-refractivity contribution in [3.8, 4) is 0 Å². The summed E-state index contributed by atoms with van der Waals surface area (Å²) in [6, 6.07) is 23.0. The van der Waals surface area contributed by atoms with Gasteiger partial charge in [-0.15, -0.1) is 0 Å². The Morgan fingerprint density at radius 3 is 2.76 bits per heavy atom. The van der Waals surface area contributed by atoms with Crippen molar-refractivity contribution < 1.29 is 0 Å². The molecule has 2 heteroatoms. The zero-order valence-electron chi connectivity index (χ0n) is 14.3. The number of benzene rings is 2. The summed E-state index contributed by atoms with van der Waals surface area (Å²) in [6.07, 6.45) is 8.14. The van der Waals surface area contributed by atoms with Gasteiger partial charge in [0.25, 0.3) is 0 Å². The molecule has 3 heterocycles. The van der Waals surface area contributed by atoms with Crippen LogP contribution in [-0.2, 0) is 6.54 Å². The molecule has 1 aromatic heterocycles. The number of fused-ring (bicyclic) bond motifs is 3. The Labute approximate surface area is 148 Å². The lowest BCUT2D eigenvalue weighted by Crippen LogP contribution is -2.37. The van der Waals surface area contributed by atoms with Crippen LogP contribution >= 0.6 is 0 Å². The van der Waals surface area contributed by atoms with E-state index < -0.39 is 0 Å². The van der Waals surface area contributed by atoms with Gasteiger partial charge in [-0.25, -0.2) is 0 Å². The van der Waals surface area contributed by atoms with Gasteiger partial charge in [-0.1, -0.05) is 54.6 Å². The fourth-order valence-corrected chi connectivity index (χ4v) is 4.44. The lowest BCUT2D eigenvalue weighted by Gasteiger charge is -2.34. The van der Waals surface area contributed by atoms with Crippen molar-refractivity contribution in [1.82, 2.24) is 9.88 Å². The predicted octanol–water partition coefficient (Wildman–Crippen LogP) is 5.06. The second kappa shape index (κ2) is 6.12. The van der Waals surface area contributed by atoms with Crippen LogP contribution in [0.4, 0.5) is 0 Å². The summed E-state index contributed by atoms with van der Waals surface area (Å²) in [5.41, 5.74) is 5.37. The van der Waals surface area contributed by atoms with Gasteiger partial charge in [0.15, 0.2) is 0 Å². The molecule has 0 aliphatic carbocycles. The van der Waals surface area contributed by atoms with Gasteiger partial charge in [0.2, 0.25) is 0 Å². The smallest absolute Gasteiger partial charge is 0.0708 e. The van der Waals surface area contributed by atoms with E-state index in [0.29, 0.717) is 12.1 Å². The third kappa shape index (κ3) is 2.77. The Kier molecular flexibility index (Phi) is 3.64. The van der Waals surface area contributed by atoms with E-state index in [2.05, 4.69) is 70.6 Å². The highest BCUT2D eigenvalue weighted by atomic mass is 15.2. The van der Waals surface area contributed by atoms with Gasteiger partial charge in [0.1, 0.15) is 0 Å². The molecule has 2 aliphatic rings. The molecule has 2 aromatic carbocycles. The van der Waals surface area contributed by atoms with E-state index in [1.54, 1.807) is 0 Å². The minimum atomic E-state index is 0.577. The van der Waals surface area contributed by atoms with Crippen molar-refractivity contribution in [2.75, 3.05) is 0 Å². The number of hydrogen-bond donors (Lipinski definition) is 0. The SMILES string of the molecule is C1=C(c2ccc3cccnc3c2)CC2CCC1N2Cc1ccccc1.